The zero-order valence-electron chi connectivity index (χ0n) is 30.9. The zero-order chi connectivity index (χ0) is 36.7. The highest BCUT2D eigenvalue weighted by Gasteiger charge is 2.36. The molecule has 0 bridgehead atoms. The van der Waals surface area contributed by atoms with Gasteiger partial charge in [0, 0.05) is 38.9 Å². The molecule has 0 fully saturated rings. The molecule has 11 rings (SSSR count). The highest BCUT2D eigenvalue weighted by molar-refractivity contribution is 6.17. The summed E-state index contributed by atoms with van der Waals surface area (Å²) in [5.41, 5.74) is 14.6. The normalized spacial score (nSPS) is 13.1. The van der Waals surface area contributed by atoms with Crippen LogP contribution in [-0.2, 0) is 5.41 Å². The summed E-state index contributed by atoms with van der Waals surface area (Å²) < 4.78 is 2.44. The lowest BCUT2D eigenvalue weighted by Gasteiger charge is -2.29. The SMILES string of the molecule is CC1(C)c2ccccc2-c2ccc(N(c3ccc4ccccc4c3)c3cc(-c4ccc5ccccc5c4)c4c5ccccc5n(-c5ccccc5)c4c3)cc21. The minimum atomic E-state index is -0.128. The number of benzene rings is 9. The third-order valence-electron chi connectivity index (χ3n) is 11.9. The lowest BCUT2D eigenvalue weighted by atomic mass is 9.82. The fourth-order valence-corrected chi connectivity index (χ4v) is 9.24. The van der Waals surface area contributed by atoms with Gasteiger partial charge in [0.05, 0.1) is 11.0 Å². The van der Waals surface area contributed by atoms with E-state index >= 15 is 0 Å². The van der Waals surface area contributed by atoms with Crippen LogP contribution in [0.15, 0.2) is 194 Å². The molecule has 10 aromatic rings. The lowest BCUT2D eigenvalue weighted by molar-refractivity contribution is 0.660. The molecule has 0 aliphatic heterocycles. The van der Waals surface area contributed by atoms with E-state index in [0.29, 0.717) is 0 Å². The Labute approximate surface area is 321 Å². The Balaban J connectivity index is 1.24. The van der Waals surface area contributed by atoms with E-state index in [4.69, 9.17) is 0 Å². The van der Waals surface area contributed by atoms with Crippen LogP contribution in [0.1, 0.15) is 25.0 Å². The number of hydrogen-bond acceptors (Lipinski definition) is 1. The Hall–Kier alpha value is -6.90. The molecule has 0 saturated heterocycles. The summed E-state index contributed by atoms with van der Waals surface area (Å²) in [4.78, 5) is 2.47. The van der Waals surface area contributed by atoms with E-state index in [1.54, 1.807) is 0 Å². The standard InChI is InChI=1S/C53H38N2/c1-53(2)48-22-12-10-20-44(48)45-29-28-42(33-49(45)53)54(41-27-26-36-15-7-9-17-38(36)31-41)43-32-47(39-25-24-35-14-6-8-16-37(35)30-39)52-46-21-11-13-23-50(46)55(51(52)34-43)40-18-4-3-5-19-40/h3-34H,1-2H3. The minimum absolute atomic E-state index is 0.128. The van der Waals surface area contributed by atoms with Gasteiger partial charge in [-0.15, -0.1) is 0 Å². The molecule has 1 aromatic heterocycles. The molecule has 0 radical (unpaired) electrons. The van der Waals surface area contributed by atoms with Gasteiger partial charge in [0.25, 0.3) is 0 Å². The van der Waals surface area contributed by atoms with Gasteiger partial charge in [-0.05, 0) is 116 Å². The first-order valence-corrected chi connectivity index (χ1v) is 19.2. The second-order valence-corrected chi connectivity index (χ2v) is 15.4. The van der Waals surface area contributed by atoms with E-state index in [2.05, 4.69) is 217 Å². The van der Waals surface area contributed by atoms with Crippen molar-refractivity contribution in [1.29, 1.82) is 0 Å². The predicted molar refractivity (Wildman–Crippen MR) is 233 cm³/mol. The number of fused-ring (bicyclic) bond motifs is 8. The van der Waals surface area contributed by atoms with E-state index in [9.17, 15) is 0 Å². The van der Waals surface area contributed by atoms with Crippen molar-refractivity contribution in [3.05, 3.63) is 205 Å². The molecule has 1 heterocycles. The van der Waals surface area contributed by atoms with E-state index in [0.717, 1.165) is 22.7 Å². The maximum absolute atomic E-state index is 2.47. The quantitative estimate of drug-likeness (QED) is 0.173. The van der Waals surface area contributed by atoms with Gasteiger partial charge in [0.2, 0.25) is 0 Å². The molecule has 1 aliphatic carbocycles. The summed E-state index contributed by atoms with van der Waals surface area (Å²) in [5.74, 6) is 0. The Morgan fingerprint density at radius 2 is 1.02 bits per heavy atom. The van der Waals surface area contributed by atoms with Crippen LogP contribution in [-0.4, -0.2) is 4.57 Å². The summed E-state index contributed by atoms with van der Waals surface area (Å²) in [6.45, 7) is 4.73. The van der Waals surface area contributed by atoms with Crippen molar-refractivity contribution in [3.8, 4) is 27.9 Å². The third-order valence-corrected chi connectivity index (χ3v) is 11.9. The summed E-state index contributed by atoms with van der Waals surface area (Å²) >= 11 is 0. The zero-order valence-corrected chi connectivity index (χ0v) is 30.9. The van der Waals surface area contributed by atoms with Crippen molar-refractivity contribution in [2.75, 3.05) is 4.90 Å². The largest absolute Gasteiger partial charge is 0.310 e. The van der Waals surface area contributed by atoms with Crippen molar-refractivity contribution in [2.24, 2.45) is 0 Å². The Morgan fingerprint density at radius 3 is 1.84 bits per heavy atom. The highest BCUT2D eigenvalue weighted by Crippen LogP contribution is 2.51. The number of rotatable bonds is 5. The topological polar surface area (TPSA) is 8.17 Å². The van der Waals surface area contributed by atoms with Gasteiger partial charge in [-0.2, -0.15) is 0 Å². The van der Waals surface area contributed by atoms with Crippen molar-refractivity contribution < 1.29 is 0 Å². The van der Waals surface area contributed by atoms with Crippen molar-refractivity contribution in [1.82, 2.24) is 4.57 Å². The molecule has 1 aliphatic rings. The van der Waals surface area contributed by atoms with Crippen molar-refractivity contribution in [2.45, 2.75) is 19.3 Å². The van der Waals surface area contributed by atoms with Crippen LogP contribution in [0.3, 0.4) is 0 Å². The monoisotopic (exact) mass is 702 g/mol. The third kappa shape index (κ3) is 4.88. The Bertz CT molecular complexity index is 3130. The fourth-order valence-electron chi connectivity index (χ4n) is 9.24. The van der Waals surface area contributed by atoms with Crippen LogP contribution in [0.2, 0.25) is 0 Å². The summed E-state index contributed by atoms with van der Waals surface area (Å²) in [6.07, 6.45) is 0. The Kier molecular flexibility index (Phi) is 6.93. The molecule has 0 spiro atoms. The number of aromatic nitrogens is 1. The van der Waals surface area contributed by atoms with Gasteiger partial charge in [0.15, 0.2) is 0 Å². The van der Waals surface area contributed by atoms with Gasteiger partial charge in [-0.25, -0.2) is 0 Å². The summed E-state index contributed by atoms with van der Waals surface area (Å²) in [6, 6.07) is 71.6. The number of nitrogens with zero attached hydrogens (tertiary/aromatic N) is 2. The molecule has 0 saturated carbocycles. The number of hydrogen-bond donors (Lipinski definition) is 0. The maximum Gasteiger partial charge on any atom is 0.0568 e. The van der Waals surface area contributed by atoms with Gasteiger partial charge in [0.1, 0.15) is 0 Å². The molecule has 9 aromatic carbocycles. The van der Waals surface area contributed by atoms with Crippen LogP contribution < -0.4 is 4.90 Å². The first-order valence-electron chi connectivity index (χ1n) is 19.2. The molecule has 0 N–H and O–H groups in total. The molecule has 2 heteroatoms. The molecule has 0 amide bonds. The average molecular weight is 703 g/mol. The van der Waals surface area contributed by atoms with Crippen LogP contribution >= 0.6 is 0 Å². The number of anilines is 3. The summed E-state index contributed by atoms with van der Waals surface area (Å²) in [7, 11) is 0. The van der Waals surface area contributed by atoms with Gasteiger partial charge >= 0.3 is 0 Å². The van der Waals surface area contributed by atoms with Gasteiger partial charge < -0.3 is 9.47 Å². The van der Waals surface area contributed by atoms with E-state index in [1.165, 1.54) is 76.7 Å². The average Bonchev–Trinajstić information content (AvgIpc) is 3.69. The van der Waals surface area contributed by atoms with Gasteiger partial charge in [-0.3, -0.25) is 0 Å². The molecular formula is C53H38N2. The van der Waals surface area contributed by atoms with Crippen LogP contribution in [0, 0.1) is 0 Å². The summed E-state index contributed by atoms with van der Waals surface area (Å²) in [5, 5.41) is 7.41. The van der Waals surface area contributed by atoms with Crippen LogP contribution in [0.25, 0.3) is 71.3 Å². The molecule has 0 unspecified atom stereocenters. The molecule has 0 atom stereocenters. The Morgan fingerprint density at radius 1 is 0.400 bits per heavy atom. The molecule has 55 heavy (non-hydrogen) atoms. The molecule has 2 nitrogen and oxygen atoms in total. The fraction of sp³-hybridized carbons (Fsp3) is 0.0566. The first-order chi connectivity index (χ1) is 27.0. The second-order valence-electron chi connectivity index (χ2n) is 15.4. The lowest BCUT2D eigenvalue weighted by Crippen LogP contribution is -2.16. The van der Waals surface area contributed by atoms with E-state index < -0.39 is 0 Å². The maximum atomic E-state index is 2.47. The van der Waals surface area contributed by atoms with Crippen molar-refractivity contribution >= 4 is 60.4 Å². The van der Waals surface area contributed by atoms with E-state index in [-0.39, 0.29) is 5.41 Å². The predicted octanol–water partition coefficient (Wildman–Crippen LogP) is 14.5. The smallest absolute Gasteiger partial charge is 0.0568 e. The molecule has 260 valence electrons. The number of para-hydroxylation sites is 2. The second kappa shape index (κ2) is 12.1. The van der Waals surface area contributed by atoms with E-state index in [1.807, 2.05) is 0 Å². The molecular weight excluding hydrogens is 665 g/mol. The van der Waals surface area contributed by atoms with Crippen LogP contribution in [0.5, 0.6) is 0 Å². The van der Waals surface area contributed by atoms with Crippen LogP contribution in [0.4, 0.5) is 17.1 Å². The first kappa shape index (κ1) is 31.6. The minimum Gasteiger partial charge on any atom is -0.310 e. The van der Waals surface area contributed by atoms with Gasteiger partial charge in [-0.1, -0.05) is 147 Å². The highest BCUT2D eigenvalue weighted by atomic mass is 15.1. The van der Waals surface area contributed by atoms with Crippen molar-refractivity contribution in [3.63, 3.8) is 0 Å².